The number of benzene rings is 1. The highest BCUT2D eigenvalue weighted by Gasteiger charge is 2.26. The smallest absolute Gasteiger partial charge is 0.274 e. The van der Waals surface area contributed by atoms with Gasteiger partial charge in [0.25, 0.3) is 5.91 Å². The molecule has 1 aromatic carbocycles. The van der Waals surface area contributed by atoms with Crippen molar-refractivity contribution in [1.29, 1.82) is 0 Å². The van der Waals surface area contributed by atoms with Crippen molar-refractivity contribution in [3.8, 4) is 0 Å². The minimum atomic E-state index is -0.0422. The van der Waals surface area contributed by atoms with E-state index in [0.29, 0.717) is 24.7 Å². The van der Waals surface area contributed by atoms with Crippen LogP contribution in [0.5, 0.6) is 0 Å². The molecule has 0 spiro atoms. The molecule has 1 amide bonds. The molecule has 0 saturated carbocycles. The van der Waals surface area contributed by atoms with Gasteiger partial charge in [-0.2, -0.15) is 5.10 Å². The highest BCUT2D eigenvalue weighted by atomic mass is 16.2. The standard InChI is InChI=1S/C21H23N5O/c1-25-11-12-26(21(27)19-8-4-10-23-24-19)15-16(14-25)13-18-6-2-5-17-7-3-9-22-20(17)18/h2-10,16H,11-15H2,1H3/t16-/m0/s1. The largest absolute Gasteiger partial charge is 0.336 e. The number of para-hydroxylation sites is 1. The molecule has 0 aliphatic carbocycles. The summed E-state index contributed by atoms with van der Waals surface area (Å²) in [5, 5.41) is 8.99. The minimum absolute atomic E-state index is 0.0422. The van der Waals surface area contributed by atoms with Gasteiger partial charge in [-0.25, -0.2) is 0 Å². The Hall–Kier alpha value is -2.86. The Bertz CT molecular complexity index is 925. The van der Waals surface area contributed by atoms with Gasteiger partial charge < -0.3 is 9.80 Å². The normalized spacial score (nSPS) is 18.4. The lowest BCUT2D eigenvalue weighted by Crippen LogP contribution is -2.37. The SMILES string of the molecule is CN1CCN(C(=O)c2cccnn2)C[C@@H](Cc2cccc3cccnc23)C1. The average molecular weight is 361 g/mol. The van der Waals surface area contributed by atoms with E-state index in [1.807, 2.05) is 17.2 Å². The second-order valence-corrected chi connectivity index (χ2v) is 7.18. The second kappa shape index (κ2) is 7.80. The molecule has 3 aromatic rings. The van der Waals surface area contributed by atoms with Crippen LogP contribution in [-0.2, 0) is 6.42 Å². The van der Waals surface area contributed by atoms with Crippen LogP contribution in [0.2, 0.25) is 0 Å². The maximum atomic E-state index is 12.9. The van der Waals surface area contributed by atoms with Crippen LogP contribution in [0.15, 0.2) is 54.9 Å². The molecule has 1 fully saturated rings. The molecule has 138 valence electrons. The van der Waals surface area contributed by atoms with Crippen LogP contribution in [0.1, 0.15) is 16.1 Å². The van der Waals surface area contributed by atoms with Crippen LogP contribution in [0.4, 0.5) is 0 Å². The minimum Gasteiger partial charge on any atom is -0.336 e. The fraction of sp³-hybridized carbons (Fsp3) is 0.333. The number of nitrogens with zero attached hydrogens (tertiary/aromatic N) is 5. The van der Waals surface area contributed by atoms with Crippen LogP contribution < -0.4 is 0 Å². The predicted octanol–water partition coefficient (Wildman–Crippen LogP) is 2.27. The van der Waals surface area contributed by atoms with E-state index in [2.05, 4.69) is 51.4 Å². The molecule has 0 bridgehead atoms. The van der Waals surface area contributed by atoms with Crippen LogP contribution >= 0.6 is 0 Å². The molecule has 4 rings (SSSR count). The highest BCUT2D eigenvalue weighted by molar-refractivity contribution is 5.92. The number of carbonyl (C=O) groups excluding carboxylic acids is 1. The monoisotopic (exact) mass is 361 g/mol. The van der Waals surface area contributed by atoms with Gasteiger partial charge in [-0.15, -0.1) is 5.10 Å². The molecule has 0 unspecified atom stereocenters. The lowest BCUT2D eigenvalue weighted by molar-refractivity contribution is 0.0739. The molecule has 27 heavy (non-hydrogen) atoms. The highest BCUT2D eigenvalue weighted by Crippen LogP contribution is 2.21. The zero-order chi connectivity index (χ0) is 18.6. The summed E-state index contributed by atoms with van der Waals surface area (Å²) in [5.74, 6) is 0.296. The Balaban J connectivity index is 1.57. The first-order chi connectivity index (χ1) is 13.2. The predicted molar refractivity (Wildman–Crippen MR) is 104 cm³/mol. The maximum absolute atomic E-state index is 12.9. The topological polar surface area (TPSA) is 62.2 Å². The maximum Gasteiger partial charge on any atom is 0.274 e. The fourth-order valence-corrected chi connectivity index (χ4v) is 3.82. The van der Waals surface area contributed by atoms with Gasteiger partial charge in [0.1, 0.15) is 0 Å². The van der Waals surface area contributed by atoms with Gasteiger partial charge >= 0.3 is 0 Å². The first-order valence-corrected chi connectivity index (χ1v) is 9.29. The lowest BCUT2D eigenvalue weighted by atomic mass is 9.96. The van der Waals surface area contributed by atoms with Crippen molar-refractivity contribution in [1.82, 2.24) is 25.0 Å². The van der Waals surface area contributed by atoms with E-state index in [1.165, 1.54) is 5.56 Å². The molecular formula is C21H23N5O. The summed E-state index contributed by atoms with van der Waals surface area (Å²) in [5.41, 5.74) is 2.70. The molecular weight excluding hydrogens is 338 g/mol. The van der Waals surface area contributed by atoms with Crippen LogP contribution in [0.25, 0.3) is 10.9 Å². The van der Waals surface area contributed by atoms with Crippen LogP contribution in [0.3, 0.4) is 0 Å². The molecule has 6 nitrogen and oxygen atoms in total. The summed E-state index contributed by atoms with van der Waals surface area (Å²) in [6.07, 6.45) is 4.32. The molecule has 0 N–H and O–H groups in total. The van der Waals surface area contributed by atoms with Gasteiger partial charge in [0.05, 0.1) is 5.52 Å². The zero-order valence-electron chi connectivity index (χ0n) is 15.5. The van der Waals surface area contributed by atoms with Gasteiger partial charge in [-0.3, -0.25) is 9.78 Å². The van der Waals surface area contributed by atoms with E-state index in [1.54, 1.807) is 18.3 Å². The third-order valence-electron chi connectivity index (χ3n) is 5.10. The van der Waals surface area contributed by atoms with Crippen molar-refractivity contribution in [2.45, 2.75) is 6.42 Å². The summed E-state index contributed by atoms with van der Waals surface area (Å²) in [6, 6.07) is 13.9. The first-order valence-electron chi connectivity index (χ1n) is 9.29. The number of hydrogen-bond donors (Lipinski definition) is 0. The van der Waals surface area contributed by atoms with Crippen molar-refractivity contribution < 1.29 is 4.79 Å². The molecule has 1 aliphatic rings. The van der Waals surface area contributed by atoms with Gasteiger partial charge in [0.2, 0.25) is 0 Å². The van der Waals surface area contributed by atoms with Crippen molar-refractivity contribution >= 4 is 16.8 Å². The molecule has 6 heteroatoms. The van der Waals surface area contributed by atoms with E-state index in [4.69, 9.17) is 0 Å². The van der Waals surface area contributed by atoms with E-state index in [9.17, 15) is 4.79 Å². The van der Waals surface area contributed by atoms with E-state index in [-0.39, 0.29) is 5.91 Å². The summed E-state index contributed by atoms with van der Waals surface area (Å²) in [7, 11) is 2.12. The number of rotatable bonds is 3. The van der Waals surface area contributed by atoms with Gasteiger partial charge in [0, 0.05) is 44.0 Å². The summed E-state index contributed by atoms with van der Waals surface area (Å²) >= 11 is 0. The Morgan fingerprint density at radius 3 is 2.78 bits per heavy atom. The number of hydrogen-bond acceptors (Lipinski definition) is 5. The Kier molecular flexibility index (Phi) is 5.07. The van der Waals surface area contributed by atoms with Gasteiger partial charge in [-0.05, 0) is 43.1 Å². The van der Waals surface area contributed by atoms with Crippen molar-refractivity contribution in [2.24, 2.45) is 5.92 Å². The average Bonchev–Trinajstić information content (AvgIpc) is 2.89. The van der Waals surface area contributed by atoms with E-state index >= 15 is 0 Å². The molecule has 1 atom stereocenters. The van der Waals surface area contributed by atoms with Crippen LogP contribution in [0, 0.1) is 5.92 Å². The van der Waals surface area contributed by atoms with Crippen LogP contribution in [-0.4, -0.2) is 64.1 Å². The Morgan fingerprint density at radius 1 is 1.07 bits per heavy atom. The third kappa shape index (κ3) is 3.95. The molecule has 3 heterocycles. The molecule has 1 aliphatic heterocycles. The Labute approximate surface area is 158 Å². The zero-order valence-corrected chi connectivity index (χ0v) is 15.5. The van der Waals surface area contributed by atoms with Crippen molar-refractivity contribution in [3.05, 3.63) is 66.1 Å². The number of carbonyl (C=O) groups is 1. The molecule has 2 aromatic heterocycles. The first kappa shape index (κ1) is 17.5. The number of fused-ring (bicyclic) bond motifs is 1. The number of aromatic nitrogens is 3. The number of amides is 1. The quantitative estimate of drug-likeness (QED) is 0.716. The number of pyridine rings is 1. The van der Waals surface area contributed by atoms with Crippen molar-refractivity contribution in [3.63, 3.8) is 0 Å². The van der Waals surface area contributed by atoms with Gasteiger partial charge in [-0.1, -0.05) is 24.3 Å². The van der Waals surface area contributed by atoms with E-state index < -0.39 is 0 Å². The summed E-state index contributed by atoms with van der Waals surface area (Å²) in [6.45, 7) is 3.23. The third-order valence-corrected chi connectivity index (χ3v) is 5.10. The fourth-order valence-electron chi connectivity index (χ4n) is 3.82. The molecule has 0 radical (unpaired) electrons. The lowest BCUT2D eigenvalue weighted by Gasteiger charge is -2.24. The van der Waals surface area contributed by atoms with Gasteiger partial charge in [0.15, 0.2) is 5.69 Å². The van der Waals surface area contributed by atoms with E-state index in [0.717, 1.165) is 30.4 Å². The second-order valence-electron chi connectivity index (χ2n) is 7.18. The van der Waals surface area contributed by atoms with Crippen molar-refractivity contribution in [2.75, 3.05) is 33.2 Å². The molecule has 1 saturated heterocycles. The summed E-state index contributed by atoms with van der Waals surface area (Å²) in [4.78, 5) is 21.7. The summed E-state index contributed by atoms with van der Waals surface area (Å²) < 4.78 is 0. The Morgan fingerprint density at radius 2 is 1.93 bits per heavy atom. The number of likely N-dealkylation sites (N-methyl/N-ethyl adjacent to an activating group) is 1.